The van der Waals surface area contributed by atoms with Crippen molar-refractivity contribution in [2.75, 3.05) is 0 Å². The van der Waals surface area contributed by atoms with Crippen molar-refractivity contribution < 1.29 is 30.0 Å². The molecule has 0 aliphatic rings. The first-order valence-electron chi connectivity index (χ1n) is 9.04. The van der Waals surface area contributed by atoms with Crippen LogP contribution in [-0.2, 0) is 22.4 Å². The maximum atomic E-state index is 11.3. The number of phenols is 4. The molecule has 0 aliphatic heterocycles. The Hall–Kier alpha value is -2.89. The number of benzene rings is 2. The Balaban J connectivity index is 1.81. The number of hydrogen-bond acceptors (Lipinski definition) is 6. The van der Waals surface area contributed by atoms with Crippen LogP contribution in [0.25, 0.3) is 0 Å². The van der Waals surface area contributed by atoms with Crippen molar-refractivity contribution in [3.05, 3.63) is 47.5 Å². The van der Waals surface area contributed by atoms with Crippen molar-refractivity contribution in [2.24, 2.45) is 0 Å². The van der Waals surface area contributed by atoms with E-state index in [0.29, 0.717) is 19.3 Å². The van der Waals surface area contributed by atoms with Crippen LogP contribution < -0.4 is 0 Å². The molecule has 0 amide bonds. The number of aryl methyl sites for hydroxylation is 2. The number of carbonyl (C=O) groups excluding carboxylic acids is 1. The van der Waals surface area contributed by atoms with Gasteiger partial charge in [-0.1, -0.05) is 12.1 Å². The molecular weight excluding hydrogens is 348 g/mol. The Morgan fingerprint density at radius 2 is 1.37 bits per heavy atom. The van der Waals surface area contributed by atoms with E-state index in [-0.39, 0.29) is 35.1 Å². The van der Waals surface area contributed by atoms with Gasteiger partial charge in [0.25, 0.3) is 0 Å². The fourth-order valence-corrected chi connectivity index (χ4v) is 2.97. The molecular formula is C21H26O6. The Kier molecular flexibility index (Phi) is 7.34. The predicted octanol–water partition coefficient (Wildman–Crippen LogP) is 3.79. The van der Waals surface area contributed by atoms with Crippen LogP contribution in [0.5, 0.6) is 23.0 Å². The number of hydrogen-bond donors (Lipinski definition) is 4. The van der Waals surface area contributed by atoms with Crippen LogP contribution in [-0.4, -0.2) is 32.5 Å². The molecule has 1 unspecified atom stereocenters. The molecule has 0 spiro atoms. The van der Waals surface area contributed by atoms with E-state index in [4.69, 9.17) is 4.74 Å². The van der Waals surface area contributed by atoms with E-state index < -0.39 is 0 Å². The maximum absolute atomic E-state index is 11.3. The van der Waals surface area contributed by atoms with Gasteiger partial charge >= 0.3 is 5.97 Å². The highest BCUT2D eigenvalue weighted by atomic mass is 16.5. The van der Waals surface area contributed by atoms with E-state index in [1.54, 1.807) is 18.2 Å². The van der Waals surface area contributed by atoms with E-state index in [0.717, 1.165) is 30.4 Å². The van der Waals surface area contributed by atoms with Gasteiger partial charge in [-0.25, -0.2) is 0 Å². The minimum absolute atomic E-state index is 0.123. The summed E-state index contributed by atoms with van der Waals surface area (Å²) in [6.07, 6.45) is 4.22. The number of phenolic OH excluding ortho intramolecular Hbond substituents is 4. The first-order valence-corrected chi connectivity index (χ1v) is 9.04. The Bertz CT molecular complexity index is 771. The van der Waals surface area contributed by atoms with Crippen LogP contribution in [0.15, 0.2) is 36.4 Å². The van der Waals surface area contributed by atoms with Crippen LogP contribution >= 0.6 is 0 Å². The molecule has 2 rings (SSSR count). The molecule has 2 aromatic carbocycles. The SMILES string of the molecule is CC(=O)OC(CCCCc1ccc(O)c(O)c1)CCc1ccc(O)c(O)c1. The zero-order chi connectivity index (χ0) is 19.8. The van der Waals surface area contributed by atoms with Gasteiger partial charge in [-0.3, -0.25) is 4.79 Å². The van der Waals surface area contributed by atoms with Crippen LogP contribution in [0, 0.1) is 0 Å². The molecule has 2 aromatic rings. The summed E-state index contributed by atoms with van der Waals surface area (Å²) in [7, 11) is 0. The molecule has 146 valence electrons. The van der Waals surface area contributed by atoms with Gasteiger partial charge < -0.3 is 25.2 Å². The molecule has 4 N–H and O–H groups in total. The first kappa shape index (κ1) is 20.4. The monoisotopic (exact) mass is 374 g/mol. The summed E-state index contributed by atoms with van der Waals surface area (Å²) < 4.78 is 5.39. The molecule has 0 heterocycles. The van der Waals surface area contributed by atoms with Gasteiger partial charge in [-0.05, 0) is 73.9 Å². The minimum atomic E-state index is -0.322. The molecule has 0 fully saturated rings. The molecule has 6 heteroatoms. The fraction of sp³-hybridized carbons (Fsp3) is 0.381. The second kappa shape index (κ2) is 9.71. The third-order valence-corrected chi connectivity index (χ3v) is 4.41. The van der Waals surface area contributed by atoms with Gasteiger partial charge in [0, 0.05) is 6.92 Å². The van der Waals surface area contributed by atoms with E-state index >= 15 is 0 Å². The first-order chi connectivity index (χ1) is 12.8. The van der Waals surface area contributed by atoms with Crippen LogP contribution in [0.1, 0.15) is 43.7 Å². The molecule has 6 nitrogen and oxygen atoms in total. The lowest BCUT2D eigenvalue weighted by Gasteiger charge is -2.17. The molecule has 0 radical (unpaired) electrons. The van der Waals surface area contributed by atoms with Gasteiger partial charge in [0.05, 0.1) is 0 Å². The van der Waals surface area contributed by atoms with Gasteiger partial charge in [0.1, 0.15) is 6.10 Å². The number of unbranched alkanes of at least 4 members (excludes halogenated alkanes) is 1. The Labute approximate surface area is 158 Å². The third-order valence-electron chi connectivity index (χ3n) is 4.41. The van der Waals surface area contributed by atoms with Crippen molar-refractivity contribution in [3.8, 4) is 23.0 Å². The summed E-state index contributed by atoms with van der Waals surface area (Å²) in [5.41, 5.74) is 1.80. The quantitative estimate of drug-likeness (QED) is 0.302. The van der Waals surface area contributed by atoms with Gasteiger partial charge in [0.2, 0.25) is 0 Å². The number of carbonyl (C=O) groups is 1. The Morgan fingerprint density at radius 1 is 0.815 bits per heavy atom. The number of rotatable bonds is 9. The smallest absolute Gasteiger partial charge is 0.302 e. The van der Waals surface area contributed by atoms with Crippen molar-refractivity contribution in [1.82, 2.24) is 0 Å². The van der Waals surface area contributed by atoms with E-state index in [9.17, 15) is 25.2 Å². The highest BCUT2D eigenvalue weighted by Gasteiger charge is 2.13. The second-order valence-corrected chi connectivity index (χ2v) is 6.66. The maximum Gasteiger partial charge on any atom is 0.302 e. The van der Waals surface area contributed by atoms with Crippen molar-refractivity contribution in [2.45, 2.75) is 51.6 Å². The molecule has 0 aliphatic carbocycles. The number of ether oxygens (including phenoxy) is 1. The van der Waals surface area contributed by atoms with E-state index in [1.165, 1.54) is 25.1 Å². The topological polar surface area (TPSA) is 107 Å². The van der Waals surface area contributed by atoms with E-state index in [1.807, 2.05) is 0 Å². The summed E-state index contributed by atoms with van der Waals surface area (Å²) in [5, 5.41) is 37.8. The molecule has 27 heavy (non-hydrogen) atoms. The average molecular weight is 374 g/mol. The van der Waals surface area contributed by atoms with Crippen molar-refractivity contribution in [1.29, 1.82) is 0 Å². The van der Waals surface area contributed by atoms with Gasteiger partial charge in [-0.15, -0.1) is 0 Å². The van der Waals surface area contributed by atoms with Crippen LogP contribution in [0.2, 0.25) is 0 Å². The predicted molar refractivity (Wildman–Crippen MR) is 101 cm³/mol. The summed E-state index contributed by atoms with van der Waals surface area (Å²) >= 11 is 0. The third kappa shape index (κ3) is 6.73. The number of esters is 1. The molecule has 0 bridgehead atoms. The summed E-state index contributed by atoms with van der Waals surface area (Å²) in [6.45, 7) is 1.39. The summed E-state index contributed by atoms with van der Waals surface area (Å²) in [6, 6.07) is 9.48. The molecule has 1 atom stereocenters. The molecule has 0 aromatic heterocycles. The lowest BCUT2D eigenvalue weighted by molar-refractivity contribution is -0.147. The number of aromatic hydroxyl groups is 4. The molecule has 0 saturated carbocycles. The van der Waals surface area contributed by atoms with Crippen molar-refractivity contribution in [3.63, 3.8) is 0 Å². The average Bonchev–Trinajstić information content (AvgIpc) is 2.61. The van der Waals surface area contributed by atoms with Crippen LogP contribution in [0.3, 0.4) is 0 Å². The fourth-order valence-electron chi connectivity index (χ4n) is 2.97. The van der Waals surface area contributed by atoms with Gasteiger partial charge in [-0.2, -0.15) is 0 Å². The minimum Gasteiger partial charge on any atom is -0.504 e. The zero-order valence-corrected chi connectivity index (χ0v) is 15.4. The second-order valence-electron chi connectivity index (χ2n) is 6.66. The zero-order valence-electron chi connectivity index (χ0n) is 15.4. The Morgan fingerprint density at radius 3 is 1.89 bits per heavy atom. The van der Waals surface area contributed by atoms with Crippen LogP contribution in [0.4, 0.5) is 0 Å². The largest absolute Gasteiger partial charge is 0.504 e. The highest BCUT2D eigenvalue weighted by molar-refractivity contribution is 5.66. The van der Waals surface area contributed by atoms with Crippen molar-refractivity contribution >= 4 is 5.97 Å². The van der Waals surface area contributed by atoms with E-state index in [2.05, 4.69) is 0 Å². The summed E-state index contributed by atoms with van der Waals surface area (Å²) in [5.74, 6) is -0.891. The summed E-state index contributed by atoms with van der Waals surface area (Å²) in [4.78, 5) is 11.3. The lowest BCUT2D eigenvalue weighted by atomic mass is 10.0. The molecule has 0 saturated heterocycles. The normalized spacial score (nSPS) is 11.9. The standard InChI is InChI=1S/C21H26O6/c1-14(22)27-17(9-6-16-8-11-19(24)21(26)13-16)5-3-2-4-15-7-10-18(23)20(25)12-15/h7-8,10-13,17,23-26H,2-6,9H2,1H3. The lowest BCUT2D eigenvalue weighted by Crippen LogP contribution is -2.17. The van der Waals surface area contributed by atoms with Gasteiger partial charge in [0.15, 0.2) is 23.0 Å². The highest BCUT2D eigenvalue weighted by Crippen LogP contribution is 2.27.